The third-order valence-corrected chi connectivity index (χ3v) is 4.07. The predicted molar refractivity (Wildman–Crippen MR) is 69.6 cm³/mol. The highest BCUT2D eigenvalue weighted by Gasteiger charge is 2.30. The minimum Gasteiger partial charge on any atom is -0.307 e. The van der Waals surface area contributed by atoms with Gasteiger partial charge in [-0.15, -0.1) is 0 Å². The first-order valence-corrected chi connectivity index (χ1v) is 6.69. The van der Waals surface area contributed by atoms with Gasteiger partial charge in [0.1, 0.15) is 5.82 Å². The third-order valence-electron chi connectivity index (χ3n) is 4.07. The summed E-state index contributed by atoms with van der Waals surface area (Å²) in [5.74, 6) is -0.0821. The van der Waals surface area contributed by atoms with Crippen LogP contribution in [0.1, 0.15) is 50.2 Å². The number of halogens is 1. The zero-order valence-electron chi connectivity index (χ0n) is 10.9. The number of benzene rings is 1. The Hall–Kier alpha value is -0.890. The summed E-state index contributed by atoms with van der Waals surface area (Å²) in [6, 6.07) is 5.70. The second kappa shape index (κ2) is 5.18. The van der Waals surface area contributed by atoms with Crippen molar-refractivity contribution in [3.8, 4) is 0 Å². The second-order valence-corrected chi connectivity index (χ2v) is 5.14. The topological polar surface area (TPSA) is 12.0 Å². The van der Waals surface area contributed by atoms with E-state index in [-0.39, 0.29) is 11.4 Å². The SMILES string of the molecule is CCC1(c2ccc(C)c(F)c2)CCCCCN1. The molecule has 1 aromatic rings. The van der Waals surface area contributed by atoms with Crippen molar-refractivity contribution >= 4 is 0 Å². The van der Waals surface area contributed by atoms with Crippen LogP contribution >= 0.6 is 0 Å². The molecule has 0 aliphatic carbocycles. The van der Waals surface area contributed by atoms with E-state index in [9.17, 15) is 4.39 Å². The lowest BCUT2D eigenvalue weighted by molar-refractivity contribution is 0.311. The minimum atomic E-state index is -0.0821. The average Bonchev–Trinajstić information content (AvgIpc) is 2.59. The van der Waals surface area contributed by atoms with E-state index in [2.05, 4.69) is 18.3 Å². The van der Waals surface area contributed by atoms with Crippen molar-refractivity contribution in [2.24, 2.45) is 0 Å². The van der Waals surface area contributed by atoms with E-state index in [0.29, 0.717) is 0 Å². The highest BCUT2D eigenvalue weighted by molar-refractivity contribution is 5.29. The Kier molecular flexibility index (Phi) is 3.82. The summed E-state index contributed by atoms with van der Waals surface area (Å²) in [7, 11) is 0. The highest BCUT2D eigenvalue weighted by atomic mass is 19.1. The molecule has 1 aliphatic heterocycles. The van der Waals surface area contributed by atoms with Crippen molar-refractivity contribution in [1.29, 1.82) is 0 Å². The van der Waals surface area contributed by atoms with Crippen molar-refractivity contribution in [2.45, 2.75) is 51.5 Å². The van der Waals surface area contributed by atoms with Gasteiger partial charge < -0.3 is 5.32 Å². The number of nitrogens with one attached hydrogen (secondary N) is 1. The Bertz CT molecular complexity index is 379. The molecular formula is C15H22FN. The van der Waals surface area contributed by atoms with Gasteiger partial charge in [-0.05, 0) is 49.9 Å². The smallest absolute Gasteiger partial charge is 0.126 e. The van der Waals surface area contributed by atoms with Crippen molar-refractivity contribution < 1.29 is 4.39 Å². The molecule has 1 fully saturated rings. The van der Waals surface area contributed by atoms with Gasteiger partial charge in [0.05, 0.1) is 0 Å². The zero-order valence-corrected chi connectivity index (χ0v) is 10.9. The van der Waals surface area contributed by atoms with Crippen LogP contribution in [0.4, 0.5) is 4.39 Å². The fourth-order valence-corrected chi connectivity index (χ4v) is 2.79. The maximum absolute atomic E-state index is 13.7. The molecule has 0 aromatic heterocycles. The van der Waals surface area contributed by atoms with Crippen molar-refractivity contribution in [3.05, 3.63) is 35.1 Å². The molecule has 2 heteroatoms. The molecule has 1 unspecified atom stereocenters. The van der Waals surface area contributed by atoms with Gasteiger partial charge in [-0.1, -0.05) is 31.9 Å². The van der Waals surface area contributed by atoms with Crippen LogP contribution in [-0.2, 0) is 5.54 Å². The van der Waals surface area contributed by atoms with Gasteiger partial charge in [0.25, 0.3) is 0 Å². The van der Waals surface area contributed by atoms with Crippen LogP contribution in [0.2, 0.25) is 0 Å². The fourth-order valence-electron chi connectivity index (χ4n) is 2.79. The van der Waals surface area contributed by atoms with Gasteiger partial charge in [0.2, 0.25) is 0 Å². The molecule has 2 rings (SSSR count). The molecule has 94 valence electrons. The highest BCUT2D eigenvalue weighted by Crippen LogP contribution is 2.33. The Morgan fingerprint density at radius 2 is 2.12 bits per heavy atom. The fraction of sp³-hybridized carbons (Fsp3) is 0.600. The van der Waals surface area contributed by atoms with Gasteiger partial charge in [-0.2, -0.15) is 0 Å². The van der Waals surface area contributed by atoms with Gasteiger partial charge in [0.15, 0.2) is 0 Å². The summed E-state index contributed by atoms with van der Waals surface area (Å²) in [6.45, 7) is 5.05. The number of hydrogen-bond donors (Lipinski definition) is 1. The largest absolute Gasteiger partial charge is 0.307 e. The van der Waals surface area contributed by atoms with Crippen LogP contribution in [0, 0.1) is 12.7 Å². The van der Waals surface area contributed by atoms with Crippen LogP contribution in [0.5, 0.6) is 0 Å². The van der Waals surface area contributed by atoms with E-state index >= 15 is 0 Å². The molecule has 1 atom stereocenters. The van der Waals surface area contributed by atoms with Gasteiger partial charge >= 0.3 is 0 Å². The number of hydrogen-bond acceptors (Lipinski definition) is 1. The number of aryl methyl sites for hydroxylation is 1. The summed E-state index contributed by atoms with van der Waals surface area (Å²) in [6.07, 6.45) is 5.89. The molecule has 1 aliphatic rings. The maximum Gasteiger partial charge on any atom is 0.126 e. The molecule has 1 heterocycles. The van der Waals surface area contributed by atoms with Crippen molar-refractivity contribution in [3.63, 3.8) is 0 Å². The van der Waals surface area contributed by atoms with Gasteiger partial charge in [-0.3, -0.25) is 0 Å². The summed E-state index contributed by atoms with van der Waals surface area (Å²) >= 11 is 0. The molecule has 1 saturated heterocycles. The first kappa shape index (κ1) is 12.6. The first-order valence-electron chi connectivity index (χ1n) is 6.69. The molecular weight excluding hydrogens is 213 g/mol. The quantitative estimate of drug-likeness (QED) is 0.819. The Morgan fingerprint density at radius 3 is 2.82 bits per heavy atom. The van der Waals surface area contributed by atoms with Gasteiger partial charge in [0, 0.05) is 5.54 Å². The average molecular weight is 235 g/mol. The Morgan fingerprint density at radius 1 is 1.29 bits per heavy atom. The Balaban J connectivity index is 2.35. The van der Waals surface area contributed by atoms with Crippen molar-refractivity contribution in [2.75, 3.05) is 6.54 Å². The van der Waals surface area contributed by atoms with E-state index in [1.807, 2.05) is 13.0 Å². The van der Waals surface area contributed by atoms with E-state index in [4.69, 9.17) is 0 Å². The van der Waals surface area contributed by atoms with Crippen molar-refractivity contribution in [1.82, 2.24) is 5.32 Å². The second-order valence-electron chi connectivity index (χ2n) is 5.14. The van der Waals surface area contributed by atoms with Crippen LogP contribution in [0.15, 0.2) is 18.2 Å². The lowest BCUT2D eigenvalue weighted by atomic mass is 9.83. The van der Waals surface area contributed by atoms with E-state index in [1.54, 1.807) is 6.07 Å². The lowest BCUT2D eigenvalue weighted by Gasteiger charge is -2.33. The molecule has 0 amide bonds. The van der Waals surface area contributed by atoms with Crippen LogP contribution in [-0.4, -0.2) is 6.54 Å². The van der Waals surface area contributed by atoms with E-state index < -0.39 is 0 Å². The van der Waals surface area contributed by atoms with E-state index in [1.165, 1.54) is 19.3 Å². The summed E-state index contributed by atoms with van der Waals surface area (Å²) in [4.78, 5) is 0. The van der Waals surface area contributed by atoms with Crippen LogP contribution < -0.4 is 5.32 Å². The standard InChI is InChI=1S/C15H22FN/c1-3-15(9-5-4-6-10-17-15)13-8-7-12(2)14(16)11-13/h7-8,11,17H,3-6,9-10H2,1-2H3. The number of rotatable bonds is 2. The first-order chi connectivity index (χ1) is 8.18. The molecule has 0 radical (unpaired) electrons. The van der Waals surface area contributed by atoms with Crippen LogP contribution in [0.25, 0.3) is 0 Å². The lowest BCUT2D eigenvalue weighted by Crippen LogP contribution is -2.41. The molecule has 17 heavy (non-hydrogen) atoms. The maximum atomic E-state index is 13.7. The van der Waals surface area contributed by atoms with Crippen LogP contribution in [0.3, 0.4) is 0 Å². The molecule has 1 nitrogen and oxygen atoms in total. The minimum absolute atomic E-state index is 0.00889. The third kappa shape index (κ3) is 2.52. The predicted octanol–water partition coefficient (Wildman–Crippen LogP) is 3.90. The van der Waals surface area contributed by atoms with E-state index in [0.717, 1.165) is 30.5 Å². The van der Waals surface area contributed by atoms with Gasteiger partial charge in [-0.25, -0.2) is 4.39 Å². The molecule has 0 saturated carbocycles. The monoisotopic (exact) mass is 235 g/mol. The molecule has 0 bridgehead atoms. The molecule has 1 aromatic carbocycles. The normalized spacial score (nSPS) is 25.6. The Labute approximate surface area is 103 Å². The molecule has 1 N–H and O–H groups in total. The summed E-state index contributed by atoms with van der Waals surface area (Å²) < 4.78 is 13.7. The zero-order chi connectivity index (χ0) is 12.3. The summed E-state index contributed by atoms with van der Waals surface area (Å²) in [5, 5.41) is 3.64. The summed E-state index contributed by atoms with van der Waals surface area (Å²) in [5.41, 5.74) is 1.84. The molecule has 0 spiro atoms.